The summed E-state index contributed by atoms with van der Waals surface area (Å²) in [5.41, 5.74) is 15.1. The topological polar surface area (TPSA) is 119 Å². The zero-order valence-corrected chi connectivity index (χ0v) is 26.2. The van der Waals surface area contributed by atoms with Crippen LogP contribution in [0.4, 0.5) is 16.2 Å². The second kappa shape index (κ2) is 8.97. The van der Waals surface area contributed by atoms with Crippen molar-refractivity contribution in [1.82, 2.24) is 10.1 Å². The van der Waals surface area contributed by atoms with Gasteiger partial charge in [-0.2, -0.15) is 5.01 Å². The number of thioether (sulfide) groups is 3. The number of amides is 4. The largest absolute Gasteiger partial charge is 0.393 e. The number of hydrogen-bond acceptors (Lipinski definition) is 9. The lowest BCUT2D eigenvalue weighted by Crippen LogP contribution is -2.66. The summed E-state index contributed by atoms with van der Waals surface area (Å²) >= 11 is 4.51. The number of nitrogens with zero attached hydrogens (tertiary/aromatic N) is 3. The van der Waals surface area contributed by atoms with E-state index < -0.39 is 27.6 Å². The molecule has 0 aromatic heterocycles. The number of benzene rings is 1. The number of nitrogens with one attached hydrogen (secondary N) is 1. The van der Waals surface area contributed by atoms with Gasteiger partial charge in [0.05, 0.1) is 21.3 Å². The first-order valence-corrected chi connectivity index (χ1v) is 15.6. The molecule has 0 bridgehead atoms. The number of allylic oxidation sites excluding steroid dienone is 2. The lowest BCUT2D eigenvalue weighted by molar-refractivity contribution is -0.151. The lowest BCUT2D eigenvalue weighted by atomic mass is 9.85. The Morgan fingerprint density at radius 1 is 1.05 bits per heavy atom. The van der Waals surface area contributed by atoms with Gasteiger partial charge in [0.15, 0.2) is 5.72 Å². The number of anilines is 2. The fourth-order valence-electron chi connectivity index (χ4n) is 5.82. The van der Waals surface area contributed by atoms with Gasteiger partial charge in [0, 0.05) is 33.8 Å². The van der Waals surface area contributed by atoms with Crippen LogP contribution < -0.4 is 16.1 Å². The zero-order chi connectivity index (χ0) is 29.9. The van der Waals surface area contributed by atoms with Gasteiger partial charge in [-0.25, -0.2) is 4.79 Å². The Labute approximate surface area is 251 Å². The molecule has 6 rings (SSSR count). The smallest absolute Gasteiger partial charge is 0.366 e. The van der Waals surface area contributed by atoms with E-state index in [2.05, 4.69) is 18.6 Å². The van der Waals surface area contributed by atoms with E-state index in [0.29, 0.717) is 21.3 Å². The number of aryl methyl sites for hydroxylation is 1. The highest BCUT2D eigenvalue weighted by molar-refractivity contribution is 8.26. The molecule has 1 aromatic rings. The number of hydrogen-bond donors (Lipinski definition) is 3. The number of aliphatic hydroxyl groups is 1. The SMILES string of the molecule is C=C(C)C1=C(C(=C)C)SC2(S1)C(C)=C(N)SC1=C2c2cc(C)c(C)c3c2N(C(=O)N(N2C(=O)CCC2=O)N3)C1(C)O. The van der Waals surface area contributed by atoms with Gasteiger partial charge in [-0.1, -0.05) is 48.4 Å². The van der Waals surface area contributed by atoms with Crippen LogP contribution in [0.1, 0.15) is 57.2 Å². The molecule has 5 aliphatic heterocycles. The van der Waals surface area contributed by atoms with Crippen LogP contribution in [-0.2, 0) is 9.59 Å². The molecule has 1 saturated heterocycles. The molecule has 1 fully saturated rings. The summed E-state index contributed by atoms with van der Waals surface area (Å²) < 4.78 is -0.750. The second-order valence-corrected chi connectivity index (χ2v) is 14.8. The van der Waals surface area contributed by atoms with Gasteiger partial charge in [0.2, 0.25) is 0 Å². The Balaban J connectivity index is 1.64. The van der Waals surface area contributed by atoms with Crippen molar-refractivity contribution in [3.63, 3.8) is 0 Å². The fraction of sp³-hybridized carbons (Fsp3) is 0.345. The van der Waals surface area contributed by atoms with Gasteiger partial charge in [0.25, 0.3) is 11.8 Å². The molecule has 0 saturated carbocycles. The van der Waals surface area contributed by atoms with Gasteiger partial charge in [0.1, 0.15) is 4.08 Å². The molecule has 214 valence electrons. The van der Waals surface area contributed by atoms with E-state index in [9.17, 15) is 19.5 Å². The molecule has 0 aliphatic carbocycles. The summed E-state index contributed by atoms with van der Waals surface area (Å²) in [7, 11) is 0. The summed E-state index contributed by atoms with van der Waals surface area (Å²) in [6.45, 7) is 19.8. The van der Waals surface area contributed by atoms with Crippen LogP contribution >= 0.6 is 35.3 Å². The number of fused-ring (bicyclic) bond motifs is 2. The van der Waals surface area contributed by atoms with E-state index in [-0.39, 0.29) is 12.8 Å². The van der Waals surface area contributed by atoms with E-state index >= 15 is 0 Å². The molecule has 1 unspecified atom stereocenters. The number of carbonyl (C=O) groups excluding carboxylic acids is 3. The third-order valence-electron chi connectivity index (χ3n) is 8.10. The molecule has 5 aliphatic rings. The highest BCUT2D eigenvalue weighted by atomic mass is 32.2. The third kappa shape index (κ3) is 3.60. The van der Waals surface area contributed by atoms with Crippen LogP contribution in [0.5, 0.6) is 0 Å². The Morgan fingerprint density at radius 2 is 1.61 bits per heavy atom. The van der Waals surface area contributed by atoms with Crippen molar-refractivity contribution < 1.29 is 19.5 Å². The molecule has 0 radical (unpaired) electrons. The van der Waals surface area contributed by atoms with Crippen molar-refractivity contribution in [3.05, 3.63) is 72.4 Å². The van der Waals surface area contributed by atoms with Crippen molar-refractivity contribution in [1.29, 1.82) is 0 Å². The maximum absolute atomic E-state index is 14.2. The Kier molecular flexibility index (Phi) is 6.14. The first kappa shape index (κ1) is 28.1. The van der Waals surface area contributed by atoms with E-state index in [1.165, 1.54) is 16.7 Å². The summed E-state index contributed by atoms with van der Waals surface area (Å²) in [4.78, 5) is 43.4. The molecule has 1 spiro atoms. The summed E-state index contributed by atoms with van der Waals surface area (Å²) in [6.07, 6.45) is 0.0227. The molecular weight excluding hydrogens is 579 g/mol. The third-order valence-corrected chi connectivity index (χ3v) is 13.2. The number of nitrogens with two attached hydrogens (primary N) is 1. The monoisotopic (exact) mass is 609 g/mol. The predicted octanol–water partition coefficient (Wildman–Crippen LogP) is 5.85. The standard InChI is InChI=1S/C29H31N5O4S3/c1-12(2)23-24(13(3)4)41-29(40-23)16(7)26(30)39-25-20(29)17-11-14(5)15(6)21-22(17)32(28(25,8)38)27(37)34(31-21)33-18(35)9-10-19(33)36/h11,31,38H,1,3,9-10,30H2,2,4-8H3. The Bertz CT molecular complexity index is 1610. The zero-order valence-electron chi connectivity index (χ0n) is 23.7. The van der Waals surface area contributed by atoms with E-state index in [0.717, 1.165) is 58.9 Å². The molecular formula is C29H31N5O4S3. The minimum Gasteiger partial charge on any atom is -0.393 e. The van der Waals surface area contributed by atoms with Crippen LogP contribution in [-0.4, -0.2) is 42.9 Å². The van der Waals surface area contributed by atoms with Gasteiger partial charge < -0.3 is 10.8 Å². The molecule has 5 heterocycles. The van der Waals surface area contributed by atoms with Gasteiger partial charge in [-0.3, -0.25) is 19.9 Å². The average Bonchev–Trinajstić information content (AvgIpc) is 3.45. The first-order chi connectivity index (χ1) is 19.1. The molecule has 4 N–H and O–H groups in total. The van der Waals surface area contributed by atoms with E-state index in [1.807, 2.05) is 40.7 Å². The van der Waals surface area contributed by atoms with Crippen LogP contribution in [0.2, 0.25) is 0 Å². The Morgan fingerprint density at radius 3 is 2.15 bits per heavy atom. The van der Waals surface area contributed by atoms with Crippen molar-refractivity contribution >= 4 is 70.1 Å². The quantitative estimate of drug-likeness (QED) is 0.363. The Hall–Kier alpha value is -3.06. The second-order valence-electron chi connectivity index (χ2n) is 11.1. The maximum atomic E-state index is 14.2. The molecule has 9 nitrogen and oxygen atoms in total. The van der Waals surface area contributed by atoms with Crippen LogP contribution in [0.25, 0.3) is 5.57 Å². The average molecular weight is 610 g/mol. The number of carbonyl (C=O) groups is 3. The molecule has 41 heavy (non-hydrogen) atoms. The van der Waals surface area contributed by atoms with Crippen molar-refractivity contribution in [2.24, 2.45) is 5.73 Å². The number of urea groups is 1. The van der Waals surface area contributed by atoms with Crippen LogP contribution in [0.3, 0.4) is 0 Å². The molecule has 4 amide bonds. The highest BCUT2D eigenvalue weighted by Gasteiger charge is 2.60. The molecule has 1 atom stereocenters. The van der Waals surface area contributed by atoms with Crippen LogP contribution in [0, 0.1) is 13.8 Å². The summed E-state index contributed by atoms with van der Waals surface area (Å²) in [5, 5.41) is 14.7. The van der Waals surface area contributed by atoms with Crippen molar-refractivity contribution in [2.45, 2.75) is 64.2 Å². The van der Waals surface area contributed by atoms with Gasteiger partial charge in [-0.05, 0) is 75.5 Å². The summed E-state index contributed by atoms with van der Waals surface area (Å²) in [6, 6.07) is 1.30. The maximum Gasteiger partial charge on any atom is 0.366 e. The molecule has 12 heteroatoms. The predicted molar refractivity (Wildman–Crippen MR) is 167 cm³/mol. The van der Waals surface area contributed by atoms with E-state index in [4.69, 9.17) is 5.73 Å². The lowest BCUT2D eigenvalue weighted by Gasteiger charge is -2.53. The highest BCUT2D eigenvalue weighted by Crippen LogP contribution is 2.72. The summed E-state index contributed by atoms with van der Waals surface area (Å²) in [5.74, 6) is -0.973. The number of rotatable bonds is 3. The number of imide groups is 1. The number of hydrazine groups is 2. The first-order valence-electron chi connectivity index (χ1n) is 13.1. The van der Waals surface area contributed by atoms with Gasteiger partial charge >= 0.3 is 6.03 Å². The minimum atomic E-state index is -1.86. The van der Waals surface area contributed by atoms with Gasteiger partial charge in [-0.15, -0.1) is 5.12 Å². The fourth-order valence-corrected chi connectivity index (χ4v) is 10.8. The van der Waals surface area contributed by atoms with Crippen molar-refractivity contribution in [3.8, 4) is 0 Å². The van der Waals surface area contributed by atoms with E-state index in [1.54, 1.807) is 30.4 Å². The molecule has 1 aromatic carbocycles. The minimum absolute atomic E-state index is 0.0113. The van der Waals surface area contributed by atoms with Crippen LogP contribution in [0.15, 0.2) is 55.7 Å². The normalized spacial score (nSPS) is 25.0. The van der Waals surface area contributed by atoms with Crippen molar-refractivity contribution in [2.75, 3.05) is 10.3 Å².